The monoisotopic (exact) mass is 284 g/mol. The van der Waals surface area contributed by atoms with Crippen molar-refractivity contribution in [2.75, 3.05) is 24.0 Å². The Morgan fingerprint density at radius 1 is 1.38 bits per heavy atom. The van der Waals surface area contributed by atoms with Crippen molar-refractivity contribution < 1.29 is 9.53 Å². The Hall–Kier alpha value is -2.76. The van der Waals surface area contributed by atoms with Crippen molar-refractivity contribution in [3.63, 3.8) is 0 Å². The zero-order valence-electron chi connectivity index (χ0n) is 11.7. The Kier molecular flexibility index (Phi) is 3.59. The van der Waals surface area contributed by atoms with Crippen LogP contribution in [0.2, 0.25) is 0 Å². The highest BCUT2D eigenvalue weighted by atomic mass is 16.5. The van der Waals surface area contributed by atoms with Crippen molar-refractivity contribution in [3.8, 4) is 5.75 Å². The van der Waals surface area contributed by atoms with Crippen molar-refractivity contribution in [1.29, 1.82) is 0 Å². The molecular formula is C15H16N4O2. The summed E-state index contributed by atoms with van der Waals surface area (Å²) in [5, 5.41) is 4.58. The quantitative estimate of drug-likeness (QED) is 0.906. The zero-order chi connectivity index (χ0) is 14.7. The third-order valence-corrected chi connectivity index (χ3v) is 3.34. The van der Waals surface area contributed by atoms with Crippen LogP contribution in [0.15, 0.2) is 42.7 Å². The van der Waals surface area contributed by atoms with E-state index in [1.165, 1.54) is 0 Å². The highest BCUT2D eigenvalue weighted by molar-refractivity contribution is 5.90. The van der Waals surface area contributed by atoms with Gasteiger partial charge in [0, 0.05) is 12.7 Å². The number of aromatic nitrogens is 1. The van der Waals surface area contributed by atoms with E-state index in [-0.39, 0.29) is 6.03 Å². The topological polar surface area (TPSA) is 66.5 Å². The van der Waals surface area contributed by atoms with Crippen LogP contribution in [0.3, 0.4) is 0 Å². The Morgan fingerprint density at radius 2 is 2.29 bits per heavy atom. The minimum Gasteiger partial charge on any atom is -0.497 e. The molecule has 3 rings (SSSR count). The van der Waals surface area contributed by atoms with Gasteiger partial charge < -0.3 is 10.1 Å². The first-order valence-electron chi connectivity index (χ1n) is 6.68. The number of ether oxygens (including phenoxy) is 1. The number of carbonyl (C=O) groups excluding carboxylic acids is 1. The van der Waals surface area contributed by atoms with Crippen LogP contribution in [0.5, 0.6) is 5.75 Å². The minimum absolute atomic E-state index is 0.285. The molecule has 2 heterocycles. The van der Waals surface area contributed by atoms with E-state index in [0.717, 1.165) is 30.0 Å². The number of nitrogens with zero attached hydrogens (tertiary/aromatic N) is 2. The zero-order valence-corrected chi connectivity index (χ0v) is 11.7. The molecule has 1 aromatic heterocycles. The average molecular weight is 284 g/mol. The number of hydrogen-bond donors (Lipinski definition) is 2. The van der Waals surface area contributed by atoms with Gasteiger partial charge in [0.15, 0.2) is 0 Å². The summed E-state index contributed by atoms with van der Waals surface area (Å²) in [6, 6.07) is 9.11. The molecule has 0 atom stereocenters. The van der Waals surface area contributed by atoms with Gasteiger partial charge in [-0.2, -0.15) is 0 Å². The number of urea groups is 1. The summed E-state index contributed by atoms with van der Waals surface area (Å²) >= 11 is 0. The van der Waals surface area contributed by atoms with Crippen molar-refractivity contribution in [2.45, 2.75) is 6.42 Å². The lowest BCUT2D eigenvalue weighted by Gasteiger charge is -2.20. The van der Waals surface area contributed by atoms with Crippen molar-refractivity contribution >= 4 is 17.4 Å². The number of pyridine rings is 1. The number of hydrogen-bond acceptors (Lipinski definition) is 4. The smallest absolute Gasteiger partial charge is 0.338 e. The highest BCUT2D eigenvalue weighted by Crippen LogP contribution is 2.29. The van der Waals surface area contributed by atoms with E-state index >= 15 is 0 Å². The molecule has 108 valence electrons. The van der Waals surface area contributed by atoms with Gasteiger partial charge in [0.25, 0.3) is 0 Å². The molecule has 2 amide bonds. The lowest BCUT2D eigenvalue weighted by atomic mass is 10.1. The molecule has 1 aliphatic rings. The maximum absolute atomic E-state index is 12.0. The maximum Gasteiger partial charge on any atom is 0.338 e. The number of anilines is 2. The van der Waals surface area contributed by atoms with E-state index < -0.39 is 0 Å². The number of carbonyl (C=O) groups is 1. The lowest BCUT2D eigenvalue weighted by Crippen LogP contribution is -2.43. The number of nitrogens with one attached hydrogen (secondary N) is 2. The molecular weight excluding hydrogens is 268 g/mol. The fourth-order valence-corrected chi connectivity index (χ4v) is 2.34. The third kappa shape index (κ3) is 2.89. The van der Waals surface area contributed by atoms with Crippen molar-refractivity contribution in [2.24, 2.45) is 0 Å². The van der Waals surface area contributed by atoms with Gasteiger partial charge in [-0.3, -0.25) is 9.99 Å². The number of methoxy groups -OCH3 is 1. The summed E-state index contributed by atoms with van der Waals surface area (Å²) in [6.07, 6.45) is 4.13. The fourth-order valence-electron chi connectivity index (χ4n) is 2.34. The van der Waals surface area contributed by atoms with Gasteiger partial charge in [0.05, 0.1) is 24.7 Å². The lowest BCUT2D eigenvalue weighted by molar-refractivity contribution is 0.251. The maximum atomic E-state index is 12.0. The van der Waals surface area contributed by atoms with Gasteiger partial charge in [-0.15, -0.1) is 0 Å². The Labute approximate surface area is 122 Å². The SMILES string of the molecule is COc1ccc2c(c1)CCN2NC(=O)Nc1cccnc1. The van der Waals surface area contributed by atoms with Crippen LogP contribution in [-0.4, -0.2) is 24.7 Å². The van der Waals surface area contributed by atoms with Crippen LogP contribution in [0, 0.1) is 0 Å². The van der Waals surface area contributed by atoms with Gasteiger partial charge in [-0.1, -0.05) is 0 Å². The Bertz CT molecular complexity index is 645. The molecule has 0 radical (unpaired) electrons. The summed E-state index contributed by atoms with van der Waals surface area (Å²) in [7, 11) is 1.65. The molecule has 0 aliphatic carbocycles. The molecule has 21 heavy (non-hydrogen) atoms. The highest BCUT2D eigenvalue weighted by Gasteiger charge is 2.21. The molecule has 0 fully saturated rings. The number of fused-ring (bicyclic) bond motifs is 1. The van der Waals surface area contributed by atoms with Gasteiger partial charge >= 0.3 is 6.03 Å². The van der Waals surface area contributed by atoms with Crippen LogP contribution >= 0.6 is 0 Å². The number of hydrazine groups is 1. The van der Waals surface area contributed by atoms with Gasteiger partial charge in [0.1, 0.15) is 5.75 Å². The molecule has 2 N–H and O–H groups in total. The van der Waals surface area contributed by atoms with Gasteiger partial charge in [-0.25, -0.2) is 10.2 Å². The number of rotatable bonds is 3. The normalized spacial score (nSPS) is 12.7. The Morgan fingerprint density at radius 3 is 3.05 bits per heavy atom. The first-order valence-corrected chi connectivity index (χ1v) is 6.68. The fraction of sp³-hybridized carbons (Fsp3) is 0.200. The first kappa shape index (κ1) is 13.2. The largest absolute Gasteiger partial charge is 0.497 e. The number of amides is 2. The van der Waals surface area contributed by atoms with E-state index in [1.54, 1.807) is 31.6 Å². The van der Waals surface area contributed by atoms with Gasteiger partial charge in [-0.05, 0) is 42.3 Å². The number of benzene rings is 1. The summed E-state index contributed by atoms with van der Waals surface area (Å²) in [4.78, 5) is 15.9. The second kappa shape index (κ2) is 5.70. The molecule has 0 saturated heterocycles. The average Bonchev–Trinajstić information content (AvgIpc) is 2.90. The summed E-state index contributed by atoms with van der Waals surface area (Å²) in [5.41, 5.74) is 5.65. The van der Waals surface area contributed by atoms with Crippen molar-refractivity contribution in [1.82, 2.24) is 10.4 Å². The van der Waals surface area contributed by atoms with Crippen LogP contribution in [0.1, 0.15) is 5.56 Å². The standard InChI is InChI=1S/C15H16N4O2/c1-21-13-4-5-14-11(9-13)6-8-19(14)18-15(20)17-12-3-2-7-16-10-12/h2-5,7,9-10H,6,8H2,1H3,(H2,17,18,20). The molecule has 0 bridgehead atoms. The van der Waals surface area contributed by atoms with Crippen molar-refractivity contribution in [3.05, 3.63) is 48.3 Å². The molecule has 0 saturated carbocycles. The summed E-state index contributed by atoms with van der Waals surface area (Å²) in [6.45, 7) is 0.739. The van der Waals surface area contributed by atoms with E-state index in [0.29, 0.717) is 5.69 Å². The van der Waals surface area contributed by atoms with Gasteiger partial charge in [0.2, 0.25) is 0 Å². The second-order valence-corrected chi connectivity index (χ2v) is 4.70. The van der Waals surface area contributed by atoms with Crippen LogP contribution in [-0.2, 0) is 6.42 Å². The van der Waals surface area contributed by atoms with E-state index in [4.69, 9.17) is 4.74 Å². The second-order valence-electron chi connectivity index (χ2n) is 4.70. The summed E-state index contributed by atoms with van der Waals surface area (Å²) < 4.78 is 5.21. The van der Waals surface area contributed by atoms with Crippen LogP contribution < -0.4 is 20.5 Å². The Balaban J connectivity index is 1.66. The van der Waals surface area contributed by atoms with Crippen LogP contribution in [0.4, 0.5) is 16.2 Å². The minimum atomic E-state index is -0.285. The molecule has 2 aromatic rings. The molecule has 6 nitrogen and oxygen atoms in total. The summed E-state index contributed by atoms with van der Waals surface area (Å²) in [5.74, 6) is 0.829. The van der Waals surface area contributed by atoms with E-state index in [1.807, 2.05) is 23.2 Å². The molecule has 0 unspecified atom stereocenters. The van der Waals surface area contributed by atoms with Crippen LogP contribution in [0.25, 0.3) is 0 Å². The predicted molar refractivity (Wildman–Crippen MR) is 80.4 cm³/mol. The molecule has 0 spiro atoms. The predicted octanol–water partition coefficient (Wildman–Crippen LogP) is 2.19. The third-order valence-electron chi connectivity index (χ3n) is 3.34. The van der Waals surface area contributed by atoms with E-state index in [2.05, 4.69) is 15.7 Å². The van der Waals surface area contributed by atoms with E-state index in [9.17, 15) is 4.79 Å². The molecule has 1 aromatic carbocycles. The first-order chi connectivity index (χ1) is 10.3. The molecule has 6 heteroatoms. The molecule has 1 aliphatic heterocycles.